The summed E-state index contributed by atoms with van der Waals surface area (Å²) in [4.78, 5) is 28.5. The molecule has 9 heteroatoms. The van der Waals surface area contributed by atoms with Gasteiger partial charge in [-0.15, -0.1) is 0 Å². The van der Waals surface area contributed by atoms with Gasteiger partial charge in [-0.2, -0.15) is 9.78 Å². The lowest BCUT2D eigenvalue weighted by Gasteiger charge is -2.31. The highest BCUT2D eigenvalue weighted by Gasteiger charge is 2.22. The minimum absolute atomic E-state index is 0.0721. The molecule has 132 valence electrons. The molecule has 1 N–H and O–H groups in total. The highest BCUT2D eigenvalue weighted by Crippen LogP contribution is 2.22. The number of benzene rings is 1. The van der Waals surface area contributed by atoms with E-state index in [0.717, 1.165) is 23.8 Å². The van der Waals surface area contributed by atoms with Crippen molar-refractivity contribution in [3.63, 3.8) is 0 Å². The molecule has 2 amide bonds. The number of carbonyl (C=O) groups excluding carboxylic acids is 2. The molecule has 1 fully saturated rings. The van der Waals surface area contributed by atoms with Gasteiger partial charge in [-0.05, 0) is 31.3 Å². The Balaban J connectivity index is 1.68. The second-order valence-corrected chi connectivity index (χ2v) is 6.20. The van der Waals surface area contributed by atoms with Crippen LogP contribution in [0.1, 0.15) is 10.5 Å². The van der Waals surface area contributed by atoms with Crippen LogP contribution in [0.5, 0.6) is 0 Å². The molecule has 0 spiro atoms. The zero-order valence-electron chi connectivity index (χ0n) is 13.6. The second kappa shape index (κ2) is 7.20. The van der Waals surface area contributed by atoms with Crippen LogP contribution in [0.15, 0.2) is 30.5 Å². The van der Waals surface area contributed by atoms with Gasteiger partial charge in [0.25, 0.3) is 5.91 Å². The first-order valence-electron chi connectivity index (χ1n) is 7.74. The van der Waals surface area contributed by atoms with Crippen molar-refractivity contribution in [2.75, 3.05) is 38.5 Å². The summed E-state index contributed by atoms with van der Waals surface area (Å²) in [5.41, 5.74) is 0.343. The first-order valence-corrected chi connectivity index (χ1v) is 8.12. The molecular weight excluding hydrogens is 349 g/mol. The van der Waals surface area contributed by atoms with Crippen LogP contribution in [0, 0.1) is 5.82 Å². The fourth-order valence-corrected chi connectivity index (χ4v) is 2.69. The van der Waals surface area contributed by atoms with Crippen LogP contribution < -0.4 is 5.32 Å². The van der Waals surface area contributed by atoms with E-state index in [1.165, 1.54) is 24.4 Å². The Hall–Kier alpha value is -2.45. The maximum Gasteiger partial charge on any atom is 0.344 e. The minimum atomic E-state index is -0.529. The van der Waals surface area contributed by atoms with E-state index >= 15 is 0 Å². The summed E-state index contributed by atoms with van der Waals surface area (Å²) in [6.07, 6.45) is 1.45. The first kappa shape index (κ1) is 17.4. The molecule has 0 radical (unpaired) electrons. The third-order valence-electron chi connectivity index (χ3n) is 3.97. The van der Waals surface area contributed by atoms with Crippen LogP contribution in [0.3, 0.4) is 0 Å². The quantitative estimate of drug-likeness (QED) is 0.885. The molecule has 1 aliphatic rings. The Labute approximate surface area is 149 Å². The van der Waals surface area contributed by atoms with E-state index < -0.39 is 11.7 Å². The molecule has 2 heterocycles. The average Bonchev–Trinajstić information content (AvgIpc) is 3.07. The van der Waals surface area contributed by atoms with E-state index in [-0.39, 0.29) is 22.4 Å². The topological polar surface area (TPSA) is 70.5 Å². The highest BCUT2D eigenvalue weighted by molar-refractivity contribution is 6.33. The van der Waals surface area contributed by atoms with Gasteiger partial charge in [-0.3, -0.25) is 4.79 Å². The Morgan fingerprint density at radius 3 is 2.60 bits per heavy atom. The van der Waals surface area contributed by atoms with Crippen molar-refractivity contribution in [1.82, 2.24) is 19.6 Å². The normalized spacial score (nSPS) is 15.2. The molecule has 3 rings (SSSR count). The SMILES string of the molecule is CN1CCN(C(=O)n2ccc(C(=O)Nc3ccc(F)cc3Cl)n2)CC1. The molecule has 0 unspecified atom stereocenters. The lowest BCUT2D eigenvalue weighted by Crippen LogP contribution is -2.48. The van der Waals surface area contributed by atoms with E-state index in [2.05, 4.69) is 15.3 Å². The lowest BCUT2D eigenvalue weighted by atomic mass is 10.3. The van der Waals surface area contributed by atoms with Crippen molar-refractivity contribution >= 4 is 29.2 Å². The zero-order chi connectivity index (χ0) is 18.0. The third-order valence-corrected chi connectivity index (χ3v) is 4.28. The molecule has 1 aromatic heterocycles. The van der Waals surface area contributed by atoms with E-state index in [1.807, 2.05) is 7.05 Å². The van der Waals surface area contributed by atoms with E-state index in [9.17, 15) is 14.0 Å². The van der Waals surface area contributed by atoms with Crippen LogP contribution in [-0.4, -0.2) is 64.7 Å². The number of amides is 2. The van der Waals surface area contributed by atoms with E-state index in [1.54, 1.807) is 4.90 Å². The molecule has 0 saturated carbocycles. The van der Waals surface area contributed by atoms with Crippen molar-refractivity contribution in [3.05, 3.63) is 47.0 Å². The summed E-state index contributed by atoms with van der Waals surface area (Å²) >= 11 is 5.88. The fraction of sp³-hybridized carbons (Fsp3) is 0.312. The molecule has 25 heavy (non-hydrogen) atoms. The average molecular weight is 366 g/mol. The number of nitrogens with one attached hydrogen (secondary N) is 1. The number of nitrogens with zero attached hydrogens (tertiary/aromatic N) is 4. The van der Waals surface area contributed by atoms with Gasteiger partial charge in [0.05, 0.1) is 10.7 Å². The zero-order valence-corrected chi connectivity index (χ0v) is 14.3. The van der Waals surface area contributed by atoms with E-state index in [0.29, 0.717) is 13.1 Å². The number of aromatic nitrogens is 2. The number of halogens is 2. The van der Waals surface area contributed by atoms with Gasteiger partial charge in [0.2, 0.25) is 0 Å². The highest BCUT2D eigenvalue weighted by atomic mass is 35.5. The summed E-state index contributed by atoms with van der Waals surface area (Å²) < 4.78 is 14.2. The van der Waals surface area contributed by atoms with E-state index in [4.69, 9.17) is 11.6 Å². The van der Waals surface area contributed by atoms with Crippen LogP contribution in [0.25, 0.3) is 0 Å². The molecule has 7 nitrogen and oxygen atoms in total. The Kier molecular flexibility index (Phi) is 5.00. The molecule has 2 aromatic rings. The fourth-order valence-electron chi connectivity index (χ4n) is 2.47. The number of hydrogen-bond acceptors (Lipinski definition) is 4. The Morgan fingerprint density at radius 2 is 1.92 bits per heavy atom. The Morgan fingerprint density at radius 1 is 1.20 bits per heavy atom. The summed E-state index contributed by atoms with van der Waals surface area (Å²) in [6, 6.07) is 4.83. The van der Waals surface area contributed by atoms with Crippen LogP contribution in [0.4, 0.5) is 14.9 Å². The van der Waals surface area contributed by atoms with Gasteiger partial charge in [0.15, 0.2) is 5.69 Å². The van der Waals surface area contributed by atoms with Crippen molar-refractivity contribution in [2.45, 2.75) is 0 Å². The van der Waals surface area contributed by atoms with Crippen LogP contribution in [-0.2, 0) is 0 Å². The summed E-state index contributed by atoms with van der Waals surface area (Å²) in [5.74, 6) is -1.02. The number of rotatable bonds is 2. The molecule has 1 saturated heterocycles. The predicted octanol–water partition coefficient (Wildman–Crippen LogP) is 2.14. The number of anilines is 1. The minimum Gasteiger partial charge on any atom is -0.320 e. The molecular formula is C16H17ClFN5O2. The maximum absolute atomic E-state index is 13.0. The molecule has 1 aromatic carbocycles. The number of likely N-dealkylation sites (N-methyl/N-ethyl adjacent to an activating group) is 1. The maximum atomic E-state index is 13.0. The third kappa shape index (κ3) is 3.97. The predicted molar refractivity (Wildman–Crippen MR) is 91.5 cm³/mol. The van der Waals surface area contributed by atoms with Crippen LogP contribution in [0.2, 0.25) is 5.02 Å². The summed E-state index contributed by atoms with van der Waals surface area (Å²) in [7, 11) is 2.00. The molecule has 0 aliphatic carbocycles. The molecule has 0 bridgehead atoms. The van der Waals surface area contributed by atoms with Crippen molar-refractivity contribution in [2.24, 2.45) is 0 Å². The largest absolute Gasteiger partial charge is 0.344 e. The molecule has 0 atom stereocenters. The van der Waals surface area contributed by atoms with Crippen molar-refractivity contribution in [3.8, 4) is 0 Å². The smallest absolute Gasteiger partial charge is 0.320 e. The second-order valence-electron chi connectivity index (χ2n) is 5.80. The molecule has 1 aliphatic heterocycles. The van der Waals surface area contributed by atoms with Crippen molar-refractivity contribution in [1.29, 1.82) is 0 Å². The summed E-state index contributed by atoms with van der Waals surface area (Å²) in [5, 5.41) is 6.66. The van der Waals surface area contributed by atoms with Crippen LogP contribution >= 0.6 is 11.6 Å². The number of hydrogen-bond donors (Lipinski definition) is 1. The standard InChI is InChI=1S/C16H17ClFN5O2/c1-21-6-8-22(9-7-21)16(25)23-5-4-14(20-23)15(24)19-13-3-2-11(18)10-12(13)17/h2-5,10H,6-9H2,1H3,(H,19,24). The van der Waals surface area contributed by atoms with Gasteiger partial charge in [0.1, 0.15) is 5.82 Å². The van der Waals surface area contributed by atoms with Crippen molar-refractivity contribution < 1.29 is 14.0 Å². The van der Waals surface area contributed by atoms with Gasteiger partial charge in [0, 0.05) is 32.4 Å². The lowest BCUT2D eigenvalue weighted by molar-refractivity contribution is 0.102. The van der Waals surface area contributed by atoms with Gasteiger partial charge in [-0.1, -0.05) is 11.6 Å². The monoisotopic (exact) mass is 365 g/mol. The Bertz CT molecular complexity index is 802. The first-order chi connectivity index (χ1) is 11.9. The summed E-state index contributed by atoms with van der Waals surface area (Å²) in [6.45, 7) is 2.82. The number of carbonyl (C=O) groups is 2. The van der Waals surface area contributed by atoms with Gasteiger partial charge >= 0.3 is 6.03 Å². The number of piperazine rings is 1. The van der Waals surface area contributed by atoms with Gasteiger partial charge in [-0.25, -0.2) is 9.18 Å². The van der Waals surface area contributed by atoms with Gasteiger partial charge < -0.3 is 15.1 Å².